The maximum atomic E-state index is 4.82. The summed E-state index contributed by atoms with van der Waals surface area (Å²) in [6.45, 7) is 10.6. The fourth-order valence-corrected chi connectivity index (χ4v) is 3.49. The molecule has 0 amide bonds. The van der Waals surface area contributed by atoms with Gasteiger partial charge in [0.25, 0.3) is 0 Å². The molecule has 0 unspecified atom stereocenters. The van der Waals surface area contributed by atoms with Gasteiger partial charge >= 0.3 is 0 Å². The van der Waals surface area contributed by atoms with Crippen LogP contribution in [0.1, 0.15) is 44.2 Å². The number of hydrogen-bond donors (Lipinski definition) is 2. The molecule has 1 aliphatic rings. The lowest BCUT2D eigenvalue weighted by Gasteiger charge is -2.32. The van der Waals surface area contributed by atoms with Crippen molar-refractivity contribution in [3.05, 3.63) is 35.4 Å². The number of aliphatic imine (C=N–C) groups is 1. The quantitative estimate of drug-likeness (QED) is 0.553. The van der Waals surface area contributed by atoms with E-state index in [1.54, 1.807) is 0 Å². The second-order valence-electron chi connectivity index (χ2n) is 7.51. The zero-order valence-electron chi connectivity index (χ0n) is 17.1. The molecule has 0 radical (unpaired) electrons. The molecule has 26 heavy (non-hydrogen) atoms. The minimum atomic E-state index is 0.529. The third-order valence-corrected chi connectivity index (χ3v) is 4.72. The SMILES string of the molecule is CCCN1CCC(NC(=NCc2cccc(CN(C)C)c2)NCC)CC1. The number of piperidine rings is 1. The van der Waals surface area contributed by atoms with Crippen LogP contribution in [0.4, 0.5) is 0 Å². The van der Waals surface area contributed by atoms with Gasteiger partial charge in [-0.1, -0.05) is 31.2 Å². The number of guanidine groups is 1. The van der Waals surface area contributed by atoms with Crippen LogP contribution in [0.25, 0.3) is 0 Å². The van der Waals surface area contributed by atoms with E-state index in [0.717, 1.165) is 19.0 Å². The molecule has 0 bridgehead atoms. The topological polar surface area (TPSA) is 42.9 Å². The van der Waals surface area contributed by atoms with Gasteiger partial charge in [0.1, 0.15) is 0 Å². The van der Waals surface area contributed by atoms with Crippen molar-refractivity contribution in [2.75, 3.05) is 40.3 Å². The van der Waals surface area contributed by atoms with Gasteiger partial charge in [0.15, 0.2) is 5.96 Å². The van der Waals surface area contributed by atoms with Crippen molar-refractivity contribution in [2.24, 2.45) is 4.99 Å². The molecule has 146 valence electrons. The summed E-state index contributed by atoms with van der Waals surface area (Å²) >= 11 is 0. The van der Waals surface area contributed by atoms with Crippen LogP contribution < -0.4 is 10.6 Å². The molecule has 0 spiro atoms. The van der Waals surface area contributed by atoms with E-state index in [9.17, 15) is 0 Å². The highest BCUT2D eigenvalue weighted by molar-refractivity contribution is 5.80. The molecule has 2 rings (SSSR count). The normalized spacial score (nSPS) is 16.9. The number of rotatable bonds is 8. The molecule has 2 N–H and O–H groups in total. The van der Waals surface area contributed by atoms with E-state index < -0.39 is 0 Å². The molecule has 0 aromatic heterocycles. The van der Waals surface area contributed by atoms with E-state index in [1.165, 1.54) is 50.0 Å². The molecule has 5 heteroatoms. The highest BCUT2D eigenvalue weighted by Gasteiger charge is 2.19. The van der Waals surface area contributed by atoms with Crippen LogP contribution in [0.3, 0.4) is 0 Å². The predicted octanol–water partition coefficient (Wildman–Crippen LogP) is 2.68. The maximum absolute atomic E-state index is 4.82. The molecule has 1 aromatic carbocycles. The van der Waals surface area contributed by atoms with E-state index in [-0.39, 0.29) is 0 Å². The van der Waals surface area contributed by atoms with E-state index in [0.29, 0.717) is 12.6 Å². The highest BCUT2D eigenvalue weighted by Crippen LogP contribution is 2.11. The van der Waals surface area contributed by atoms with Gasteiger partial charge in [0.2, 0.25) is 0 Å². The average Bonchev–Trinajstić information content (AvgIpc) is 2.61. The van der Waals surface area contributed by atoms with Crippen LogP contribution in [-0.4, -0.2) is 62.1 Å². The van der Waals surface area contributed by atoms with E-state index in [1.807, 2.05) is 0 Å². The summed E-state index contributed by atoms with van der Waals surface area (Å²) in [5.41, 5.74) is 2.60. The molecule has 0 aliphatic carbocycles. The maximum Gasteiger partial charge on any atom is 0.191 e. The molecule has 0 saturated carbocycles. The Morgan fingerprint density at radius 3 is 2.58 bits per heavy atom. The van der Waals surface area contributed by atoms with Gasteiger partial charge in [-0.25, -0.2) is 4.99 Å². The monoisotopic (exact) mass is 359 g/mol. The van der Waals surface area contributed by atoms with Crippen molar-refractivity contribution in [3.63, 3.8) is 0 Å². The second-order valence-corrected chi connectivity index (χ2v) is 7.51. The van der Waals surface area contributed by atoms with Gasteiger partial charge in [-0.15, -0.1) is 0 Å². The fraction of sp³-hybridized carbons (Fsp3) is 0.667. The minimum Gasteiger partial charge on any atom is -0.357 e. The minimum absolute atomic E-state index is 0.529. The first-order chi connectivity index (χ1) is 12.6. The molecule has 1 aromatic rings. The van der Waals surface area contributed by atoms with Crippen LogP contribution in [0, 0.1) is 0 Å². The van der Waals surface area contributed by atoms with Crippen molar-refractivity contribution in [1.82, 2.24) is 20.4 Å². The van der Waals surface area contributed by atoms with Gasteiger partial charge < -0.3 is 20.4 Å². The Labute approximate surface area is 159 Å². The third-order valence-electron chi connectivity index (χ3n) is 4.72. The lowest BCUT2D eigenvalue weighted by molar-refractivity contribution is 0.206. The van der Waals surface area contributed by atoms with Crippen LogP contribution in [0.5, 0.6) is 0 Å². The Hall–Kier alpha value is -1.59. The van der Waals surface area contributed by atoms with Crippen LogP contribution in [0.15, 0.2) is 29.3 Å². The van der Waals surface area contributed by atoms with Crippen molar-refractivity contribution in [1.29, 1.82) is 0 Å². The fourth-order valence-electron chi connectivity index (χ4n) is 3.49. The molecule has 1 saturated heterocycles. The smallest absolute Gasteiger partial charge is 0.191 e. The summed E-state index contributed by atoms with van der Waals surface area (Å²) in [7, 11) is 4.20. The summed E-state index contributed by atoms with van der Waals surface area (Å²) in [5.74, 6) is 0.944. The van der Waals surface area contributed by atoms with Crippen LogP contribution >= 0.6 is 0 Å². The summed E-state index contributed by atoms with van der Waals surface area (Å²) in [6.07, 6.45) is 3.64. The highest BCUT2D eigenvalue weighted by atomic mass is 15.2. The van der Waals surface area contributed by atoms with Gasteiger partial charge in [0.05, 0.1) is 6.54 Å². The summed E-state index contributed by atoms with van der Waals surface area (Å²) in [5, 5.41) is 7.04. The molecule has 5 nitrogen and oxygen atoms in total. The van der Waals surface area contributed by atoms with Gasteiger partial charge in [-0.05, 0) is 58.0 Å². The van der Waals surface area contributed by atoms with Crippen LogP contribution in [0.2, 0.25) is 0 Å². The number of hydrogen-bond acceptors (Lipinski definition) is 3. The molecule has 0 atom stereocenters. The average molecular weight is 360 g/mol. The zero-order chi connectivity index (χ0) is 18.8. The summed E-state index contributed by atoms with van der Waals surface area (Å²) in [6, 6.07) is 9.26. The Bertz CT molecular complexity index is 547. The van der Waals surface area contributed by atoms with Crippen molar-refractivity contribution in [3.8, 4) is 0 Å². The van der Waals surface area contributed by atoms with Crippen LogP contribution in [-0.2, 0) is 13.1 Å². The second kappa shape index (κ2) is 11.2. The molecule has 1 heterocycles. The number of nitrogens with zero attached hydrogens (tertiary/aromatic N) is 3. The van der Waals surface area contributed by atoms with Crippen molar-refractivity contribution < 1.29 is 0 Å². The number of likely N-dealkylation sites (tertiary alicyclic amines) is 1. The van der Waals surface area contributed by atoms with Crippen molar-refractivity contribution >= 4 is 5.96 Å². The summed E-state index contributed by atoms with van der Waals surface area (Å²) < 4.78 is 0. The third kappa shape index (κ3) is 7.34. The zero-order valence-corrected chi connectivity index (χ0v) is 17.1. The number of benzene rings is 1. The predicted molar refractivity (Wildman–Crippen MR) is 112 cm³/mol. The first-order valence-electron chi connectivity index (χ1n) is 10.1. The Morgan fingerprint density at radius 2 is 1.92 bits per heavy atom. The Balaban J connectivity index is 1.90. The number of nitrogens with one attached hydrogen (secondary N) is 2. The van der Waals surface area contributed by atoms with E-state index >= 15 is 0 Å². The summed E-state index contributed by atoms with van der Waals surface area (Å²) in [4.78, 5) is 9.58. The molecular weight excluding hydrogens is 322 g/mol. The van der Waals surface area contributed by atoms with Gasteiger partial charge in [-0.3, -0.25) is 0 Å². The van der Waals surface area contributed by atoms with Crippen molar-refractivity contribution in [2.45, 2.75) is 52.2 Å². The molecule has 1 aliphatic heterocycles. The molecule has 1 fully saturated rings. The Kier molecular flexibility index (Phi) is 8.92. The lowest BCUT2D eigenvalue weighted by atomic mass is 10.1. The first kappa shape index (κ1) is 20.7. The van der Waals surface area contributed by atoms with Gasteiger partial charge in [-0.2, -0.15) is 0 Å². The lowest BCUT2D eigenvalue weighted by Crippen LogP contribution is -2.48. The molecular formula is C21H37N5. The standard InChI is InChI=1S/C21H37N5/c1-5-12-26-13-10-20(11-14-26)24-21(22-6-2)23-16-18-8-7-9-19(15-18)17-25(3)4/h7-9,15,20H,5-6,10-14,16-17H2,1-4H3,(H2,22,23,24). The van der Waals surface area contributed by atoms with Gasteiger partial charge in [0, 0.05) is 32.2 Å². The van der Waals surface area contributed by atoms with E-state index in [2.05, 4.69) is 72.6 Å². The Morgan fingerprint density at radius 1 is 1.19 bits per heavy atom. The first-order valence-corrected chi connectivity index (χ1v) is 10.1. The largest absolute Gasteiger partial charge is 0.357 e. The van der Waals surface area contributed by atoms with E-state index in [4.69, 9.17) is 4.99 Å².